The molecule has 0 spiro atoms. The van der Waals surface area contributed by atoms with Gasteiger partial charge >= 0.3 is 0 Å². The van der Waals surface area contributed by atoms with E-state index in [2.05, 4.69) is 17.2 Å². The Morgan fingerprint density at radius 1 is 1.60 bits per heavy atom. The zero-order valence-corrected chi connectivity index (χ0v) is 9.93. The fourth-order valence-electron chi connectivity index (χ4n) is 1.84. The number of aromatic nitrogens is 1. The third-order valence-electron chi connectivity index (χ3n) is 2.84. The number of hydrogen-bond acceptors (Lipinski definition) is 4. The monoisotopic (exact) mass is 226 g/mol. The summed E-state index contributed by atoms with van der Waals surface area (Å²) >= 11 is 1.67. The minimum atomic E-state index is 0.153. The SMILES string of the molecule is C[C@@H](OCC1CCNCC1)c1nccs1. The minimum absolute atomic E-state index is 0.153. The van der Waals surface area contributed by atoms with E-state index in [4.69, 9.17) is 4.74 Å². The topological polar surface area (TPSA) is 34.1 Å². The van der Waals surface area contributed by atoms with Crippen LogP contribution in [0, 0.1) is 5.92 Å². The third-order valence-corrected chi connectivity index (χ3v) is 3.78. The van der Waals surface area contributed by atoms with Crippen molar-refractivity contribution < 1.29 is 4.74 Å². The summed E-state index contributed by atoms with van der Waals surface area (Å²) in [5.74, 6) is 0.730. The van der Waals surface area contributed by atoms with Crippen LogP contribution in [0.1, 0.15) is 30.9 Å². The van der Waals surface area contributed by atoms with Gasteiger partial charge in [-0.3, -0.25) is 0 Å². The van der Waals surface area contributed by atoms with Gasteiger partial charge in [0.05, 0.1) is 6.61 Å². The first kappa shape index (κ1) is 11.0. The standard InChI is InChI=1S/C11H18N2OS/c1-9(11-13-6-7-15-11)14-8-10-2-4-12-5-3-10/h6-7,9-10,12H,2-5,8H2,1H3/t9-/m1/s1. The van der Waals surface area contributed by atoms with E-state index in [0.29, 0.717) is 0 Å². The average Bonchev–Trinajstić information content (AvgIpc) is 2.81. The normalized spacial score (nSPS) is 20.3. The molecule has 0 amide bonds. The van der Waals surface area contributed by atoms with Crippen molar-refractivity contribution in [1.29, 1.82) is 0 Å². The van der Waals surface area contributed by atoms with Gasteiger partial charge in [-0.1, -0.05) is 0 Å². The van der Waals surface area contributed by atoms with Crippen LogP contribution in [0.25, 0.3) is 0 Å². The summed E-state index contributed by atoms with van der Waals surface area (Å²) in [4.78, 5) is 4.26. The molecule has 4 heteroatoms. The van der Waals surface area contributed by atoms with Crippen LogP contribution in [0.15, 0.2) is 11.6 Å². The van der Waals surface area contributed by atoms with Crippen LogP contribution in [0.4, 0.5) is 0 Å². The maximum atomic E-state index is 5.85. The first-order chi connectivity index (χ1) is 7.36. The van der Waals surface area contributed by atoms with Crippen LogP contribution in [-0.4, -0.2) is 24.7 Å². The van der Waals surface area contributed by atoms with Crippen molar-refractivity contribution in [2.45, 2.75) is 25.9 Å². The van der Waals surface area contributed by atoms with Crippen molar-refractivity contribution in [3.05, 3.63) is 16.6 Å². The van der Waals surface area contributed by atoms with Gasteiger partial charge in [-0.25, -0.2) is 4.98 Å². The van der Waals surface area contributed by atoms with Crippen molar-refractivity contribution in [3.63, 3.8) is 0 Å². The minimum Gasteiger partial charge on any atom is -0.371 e. The Morgan fingerprint density at radius 3 is 3.07 bits per heavy atom. The van der Waals surface area contributed by atoms with E-state index in [1.807, 2.05) is 11.6 Å². The summed E-state index contributed by atoms with van der Waals surface area (Å²) in [6.07, 6.45) is 4.47. The van der Waals surface area contributed by atoms with Crippen LogP contribution < -0.4 is 5.32 Å². The number of thiazole rings is 1. The molecular weight excluding hydrogens is 208 g/mol. The van der Waals surface area contributed by atoms with Gasteiger partial charge in [0.2, 0.25) is 0 Å². The van der Waals surface area contributed by atoms with E-state index in [9.17, 15) is 0 Å². The molecule has 15 heavy (non-hydrogen) atoms. The summed E-state index contributed by atoms with van der Waals surface area (Å²) in [5.41, 5.74) is 0. The van der Waals surface area contributed by atoms with E-state index >= 15 is 0 Å². The lowest BCUT2D eigenvalue weighted by Crippen LogP contribution is -2.30. The van der Waals surface area contributed by atoms with Gasteiger partial charge in [-0.05, 0) is 38.8 Å². The Labute approximate surface area is 94.9 Å². The second-order valence-corrected chi connectivity index (χ2v) is 4.97. The van der Waals surface area contributed by atoms with Gasteiger partial charge < -0.3 is 10.1 Å². The van der Waals surface area contributed by atoms with Gasteiger partial charge in [0, 0.05) is 11.6 Å². The number of rotatable bonds is 4. The lowest BCUT2D eigenvalue weighted by Gasteiger charge is -2.23. The lowest BCUT2D eigenvalue weighted by molar-refractivity contribution is 0.0318. The molecular formula is C11H18N2OS. The molecule has 1 aromatic heterocycles. The van der Waals surface area contributed by atoms with Crippen molar-refractivity contribution >= 4 is 11.3 Å². The molecule has 1 N–H and O–H groups in total. The largest absolute Gasteiger partial charge is 0.371 e. The van der Waals surface area contributed by atoms with Gasteiger partial charge in [-0.2, -0.15) is 0 Å². The Balaban J connectivity index is 1.73. The van der Waals surface area contributed by atoms with E-state index in [1.54, 1.807) is 11.3 Å². The molecule has 1 fully saturated rings. The zero-order chi connectivity index (χ0) is 10.5. The maximum absolute atomic E-state index is 5.85. The predicted molar refractivity (Wildman–Crippen MR) is 62.1 cm³/mol. The molecule has 0 radical (unpaired) electrons. The fraction of sp³-hybridized carbons (Fsp3) is 0.727. The number of ether oxygens (including phenoxy) is 1. The molecule has 84 valence electrons. The zero-order valence-electron chi connectivity index (χ0n) is 9.11. The molecule has 0 aromatic carbocycles. The quantitative estimate of drug-likeness (QED) is 0.855. The highest BCUT2D eigenvalue weighted by atomic mass is 32.1. The summed E-state index contributed by atoms with van der Waals surface area (Å²) in [6, 6.07) is 0. The van der Waals surface area contributed by atoms with E-state index < -0.39 is 0 Å². The molecule has 2 heterocycles. The summed E-state index contributed by atoms with van der Waals surface area (Å²) < 4.78 is 5.85. The highest BCUT2D eigenvalue weighted by Crippen LogP contribution is 2.21. The molecule has 3 nitrogen and oxygen atoms in total. The molecule has 1 atom stereocenters. The number of piperidine rings is 1. The molecule has 0 unspecified atom stereocenters. The van der Waals surface area contributed by atoms with Crippen LogP contribution in [0.3, 0.4) is 0 Å². The van der Waals surface area contributed by atoms with Gasteiger partial charge in [0.15, 0.2) is 0 Å². The average molecular weight is 226 g/mol. The van der Waals surface area contributed by atoms with Crippen LogP contribution in [0.2, 0.25) is 0 Å². The van der Waals surface area contributed by atoms with Gasteiger partial charge in [0.25, 0.3) is 0 Å². The lowest BCUT2D eigenvalue weighted by atomic mass is 9.99. The van der Waals surface area contributed by atoms with Crippen molar-refractivity contribution in [2.24, 2.45) is 5.92 Å². The summed E-state index contributed by atoms with van der Waals surface area (Å²) in [6.45, 7) is 5.24. The number of nitrogens with one attached hydrogen (secondary N) is 1. The molecule has 0 bridgehead atoms. The van der Waals surface area contributed by atoms with Crippen molar-refractivity contribution in [2.75, 3.05) is 19.7 Å². The van der Waals surface area contributed by atoms with Crippen LogP contribution in [-0.2, 0) is 4.74 Å². The fourth-order valence-corrected chi connectivity index (χ4v) is 2.48. The Bertz CT molecular complexity index is 270. The third kappa shape index (κ3) is 3.26. The molecule has 2 rings (SSSR count). The predicted octanol–water partition coefficient (Wildman–Crippen LogP) is 2.22. The second-order valence-electron chi connectivity index (χ2n) is 4.04. The number of nitrogens with zero attached hydrogens (tertiary/aromatic N) is 1. The molecule has 1 saturated heterocycles. The second kappa shape index (κ2) is 5.58. The van der Waals surface area contributed by atoms with Crippen LogP contribution >= 0.6 is 11.3 Å². The Morgan fingerprint density at radius 2 is 2.40 bits per heavy atom. The smallest absolute Gasteiger partial charge is 0.121 e. The maximum Gasteiger partial charge on any atom is 0.121 e. The van der Waals surface area contributed by atoms with E-state index in [0.717, 1.165) is 30.6 Å². The molecule has 1 aliphatic heterocycles. The van der Waals surface area contributed by atoms with Gasteiger partial charge in [0.1, 0.15) is 11.1 Å². The summed E-state index contributed by atoms with van der Waals surface area (Å²) in [5, 5.41) is 6.45. The molecule has 1 aromatic rings. The Hall–Kier alpha value is -0.450. The first-order valence-electron chi connectivity index (χ1n) is 5.58. The first-order valence-corrected chi connectivity index (χ1v) is 6.46. The van der Waals surface area contributed by atoms with Crippen molar-refractivity contribution in [1.82, 2.24) is 10.3 Å². The molecule has 0 saturated carbocycles. The molecule has 0 aliphatic carbocycles. The molecule has 1 aliphatic rings. The van der Waals surface area contributed by atoms with Crippen LogP contribution in [0.5, 0.6) is 0 Å². The highest BCUT2D eigenvalue weighted by molar-refractivity contribution is 7.09. The van der Waals surface area contributed by atoms with E-state index in [1.165, 1.54) is 12.8 Å². The van der Waals surface area contributed by atoms with E-state index in [-0.39, 0.29) is 6.10 Å². The highest BCUT2D eigenvalue weighted by Gasteiger charge is 2.15. The summed E-state index contributed by atoms with van der Waals surface area (Å²) in [7, 11) is 0. The van der Waals surface area contributed by atoms with Crippen molar-refractivity contribution in [3.8, 4) is 0 Å². The Kier molecular flexibility index (Phi) is 4.11. The van der Waals surface area contributed by atoms with Gasteiger partial charge in [-0.15, -0.1) is 11.3 Å². The number of hydrogen-bond donors (Lipinski definition) is 1.